The van der Waals surface area contributed by atoms with Crippen molar-refractivity contribution >= 4 is 47.9 Å². The van der Waals surface area contributed by atoms with Crippen LogP contribution < -0.4 is 9.74 Å². The van der Waals surface area contributed by atoms with Gasteiger partial charge >= 0.3 is 5.97 Å². The number of carbonyl (C=O) groups is 2. The lowest BCUT2D eigenvalue weighted by atomic mass is 9.78. The smallest absolute Gasteiger partial charge is 0.358 e. The van der Waals surface area contributed by atoms with Crippen LogP contribution in [0.1, 0.15) is 54.0 Å². The molecule has 0 bridgehead atoms. The number of benzene rings is 2. The highest BCUT2D eigenvalue weighted by Crippen LogP contribution is 2.49. The second kappa shape index (κ2) is 15.4. The first-order valence-corrected chi connectivity index (χ1v) is 19.7. The van der Waals surface area contributed by atoms with Crippen molar-refractivity contribution in [2.45, 2.75) is 85.2 Å². The predicted molar refractivity (Wildman–Crippen MR) is 182 cm³/mol. The van der Waals surface area contributed by atoms with Crippen molar-refractivity contribution in [2.24, 2.45) is 11.8 Å². The van der Waals surface area contributed by atoms with Crippen LogP contribution >= 0.6 is 8.96 Å². The first kappa shape index (κ1) is 34.6. The average Bonchev–Trinajstić information content (AvgIpc) is 3.29. The zero-order valence-corrected chi connectivity index (χ0v) is 29.4. The van der Waals surface area contributed by atoms with E-state index >= 15 is 0 Å². The molecule has 2 aliphatic heterocycles. The molecule has 4 rings (SSSR count). The highest BCUT2D eigenvalue weighted by Gasteiger charge is 2.61. The molecule has 0 spiro atoms. The van der Waals surface area contributed by atoms with Crippen LogP contribution in [0, 0.1) is 11.8 Å². The van der Waals surface area contributed by atoms with Gasteiger partial charge in [0.2, 0.25) is 5.91 Å². The Balaban J connectivity index is 1.60. The molecule has 0 saturated carbocycles. The third-order valence-electron chi connectivity index (χ3n) is 10.0. The fourth-order valence-electron chi connectivity index (χ4n) is 7.07. The van der Waals surface area contributed by atoms with E-state index < -0.39 is 23.2 Å². The number of β-lactam (4-membered cyclic amide) rings is 1. The summed E-state index contributed by atoms with van der Waals surface area (Å²) in [6.45, 7) is 18.3. The molecule has 44 heavy (non-hydrogen) atoms. The zero-order valence-electron chi connectivity index (χ0n) is 27.4. The van der Waals surface area contributed by atoms with Crippen molar-refractivity contribution in [3.63, 3.8) is 0 Å². The van der Waals surface area contributed by atoms with Crippen LogP contribution in [0.15, 0.2) is 47.7 Å². The summed E-state index contributed by atoms with van der Waals surface area (Å²) in [7, 11) is 3.06. The molecule has 1 N–H and O–H groups in total. The van der Waals surface area contributed by atoms with Gasteiger partial charge < -0.3 is 28.5 Å². The van der Waals surface area contributed by atoms with Crippen LogP contribution in [0.3, 0.4) is 0 Å². The third kappa shape index (κ3) is 6.80. The minimum absolute atomic E-state index is 0.0884. The van der Waals surface area contributed by atoms with Gasteiger partial charge in [0.25, 0.3) is 0 Å². The quantitative estimate of drug-likeness (QED) is 0.130. The SMILES string of the molecule is [B]NPOC(=O)C1=C(COc2cccc3c(CCN(CC)CC)cccc23)[C@H](C)[C@@H]2[C@@H]([C@@H](C)O[Si](CC)(CC)CC)C(=O)N12. The van der Waals surface area contributed by atoms with Crippen molar-refractivity contribution in [3.05, 3.63) is 53.2 Å². The number of hydrogen-bond acceptors (Lipinski definition) is 7. The number of nitrogens with zero attached hydrogens (tertiary/aromatic N) is 2. The van der Waals surface area contributed by atoms with E-state index in [-0.39, 0.29) is 42.2 Å². The summed E-state index contributed by atoms with van der Waals surface area (Å²) in [6, 6.07) is 15.3. The molecule has 0 aliphatic carbocycles. The predicted octanol–water partition coefficient (Wildman–Crippen LogP) is 5.97. The number of carbonyl (C=O) groups excluding carboxylic acids is 2. The van der Waals surface area contributed by atoms with E-state index in [0.29, 0.717) is 0 Å². The molecule has 0 aromatic heterocycles. The zero-order chi connectivity index (χ0) is 32.0. The number of nitrogens with one attached hydrogen (secondary N) is 1. The van der Waals surface area contributed by atoms with E-state index in [4.69, 9.17) is 21.7 Å². The molecule has 2 aliphatic rings. The molecule has 238 valence electrons. The molecule has 1 unspecified atom stereocenters. The minimum Gasteiger partial charge on any atom is -0.488 e. The van der Waals surface area contributed by atoms with Gasteiger partial charge in [0.15, 0.2) is 16.3 Å². The molecule has 2 heterocycles. The number of hydrogen-bond donors (Lipinski definition) is 1. The summed E-state index contributed by atoms with van der Waals surface area (Å²) >= 11 is 0. The Kier molecular flexibility index (Phi) is 12.1. The first-order valence-electron chi connectivity index (χ1n) is 16.2. The topological polar surface area (TPSA) is 80.3 Å². The lowest BCUT2D eigenvalue weighted by molar-refractivity contribution is -0.161. The molecule has 1 saturated heterocycles. The Morgan fingerprint density at radius 2 is 1.73 bits per heavy atom. The van der Waals surface area contributed by atoms with Crippen LogP contribution in [0.4, 0.5) is 0 Å². The molecular formula is C33H49BN3O5PSi. The molecule has 1 fully saturated rings. The summed E-state index contributed by atoms with van der Waals surface area (Å²) in [4.78, 5) is 33.5. The van der Waals surface area contributed by atoms with Crippen LogP contribution in [-0.4, -0.2) is 76.4 Å². The molecule has 8 nitrogen and oxygen atoms in total. The summed E-state index contributed by atoms with van der Waals surface area (Å²) in [6.07, 6.45) is 0.727. The standard InChI is InChI=1S/C33H49BN3O5PSi/c1-8-36(9-2)20-19-24-15-13-17-26-25(24)16-14-18-28(26)40-21-27-22(6)30-29(23(7)42-44(10-3,11-4)12-5)32(38)37(30)31(27)33(39)41-43-35-34/h13-18,22-23,29-30,35,43H,8-12,19-21H2,1-7H3/t22-,23+,29+,30+/m0/s1. The summed E-state index contributed by atoms with van der Waals surface area (Å²) in [5.41, 5.74) is 2.33. The molecule has 1 amide bonds. The highest BCUT2D eigenvalue weighted by atomic mass is 31.1. The van der Waals surface area contributed by atoms with Crippen LogP contribution in [-0.2, 0) is 25.0 Å². The highest BCUT2D eigenvalue weighted by molar-refractivity contribution is 7.32. The second-order valence-electron chi connectivity index (χ2n) is 11.9. The van der Waals surface area contributed by atoms with E-state index in [1.165, 1.54) is 10.9 Å². The lowest BCUT2D eigenvalue weighted by Crippen LogP contribution is -2.65. The largest absolute Gasteiger partial charge is 0.488 e. The Labute approximate surface area is 267 Å². The molecule has 11 heteroatoms. The number of amides is 1. The van der Waals surface area contributed by atoms with Crippen molar-refractivity contribution in [2.75, 3.05) is 26.2 Å². The summed E-state index contributed by atoms with van der Waals surface area (Å²) < 4.78 is 18.6. The summed E-state index contributed by atoms with van der Waals surface area (Å²) in [5, 5.41) is 2.20. The van der Waals surface area contributed by atoms with Crippen molar-refractivity contribution in [3.8, 4) is 5.75 Å². The van der Waals surface area contributed by atoms with Gasteiger partial charge in [0.1, 0.15) is 27.0 Å². The number of rotatable bonds is 17. The third-order valence-corrected chi connectivity index (χ3v) is 15.2. The average molecular weight is 638 g/mol. The molecule has 2 aromatic rings. The van der Waals surface area contributed by atoms with E-state index in [1.54, 1.807) is 4.90 Å². The second-order valence-corrected chi connectivity index (χ2v) is 17.3. The maximum Gasteiger partial charge on any atom is 0.358 e. The molecule has 5 atom stereocenters. The van der Waals surface area contributed by atoms with Crippen molar-refractivity contribution in [1.29, 1.82) is 0 Å². The van der Waals surface area contributed by atoms with Gasteiger partial charge in [-0.1, -0.05) is 71.9 Å². The van der Waals surface area contributed by atoms with Crippen molar-refractivity contribution < 1.29 is 23.3 Å². The van der Waals surface area contributed by atoms with Gasteiger partial charge in [-0.15, -0.1) is 0 Å². The fraction of sp³-hybridized carbons (Fsp3) is 0.576. The molecule has 2 aromatic carbocycles. The van der Waals surface area contributed by atoms with Gasteiger partial charge in [0.05, 0.1) is 18.1 Å². The Morgan fingerprint density at radius 1 is 1.07 bits per heavy atom. The van der Waals surface area contributed by atoms with Gasteiger partial charge in [-0.3, -0.25) is 4.79 Å². The van der Waals surface area contributed by atoms with Crippen LogP contribution in [0.5, 0.6) is 5.75 Å². The number of likely N-dealkylation sites (N-methyl/N-ethyl adjacent to an activating group) is 1. The van der Waals surface area contributed by atoms with Crippen molar-refractivity contribution in [1.82, 2.24) is 14.8 Å². The van der Waals surface area contributed by atoms with Gasteiger partial charge in [0, 0.05) is 23.4 Å². The maximum atomic E-state index is 13.7. The Hall–Kier alpha value is -2.23. The van der Waals surface area contributed by atoms with Gasteiger partial charge in [-0.2, -0.15) is 0 Å². The Bertz CT molecular complexity index is 1340. The maximum absolute atomic E-state index is 13.7. The van der Waals surface area contributed by atoms with Crippen LogP contribution in [0.2, 0.25) is 18.1 Å². The Morgan fingerprint density at radius 3 is 2.36 bits per heavy atom. The number of fused-ring (bicyclic) bond motifs is 2. The molecule has 2 radical (unpaired) electrons. The minimum atomic E-state index is -1.93. The fourth-order valence-corrected chi connectivity index (χ4v) is 10.2. The normalized spacial score (nSPS) is 21.0. The van der Waals surface area contributed by atoms with E-state index in [1.807, 2.05) is 19.1 Å². The van der Waals surface area contributed by atoms with Crippen LogP contribution in [0.25, 0.3) is 10.8 Å². The molecular weight excluding hydrogens is 588 g/mol. The summed E-state index contributed by atoms with van der Waals surface area (Å²) in [5.74, 6) is -0.312. The monoisotopic (exact) mass is 637 g/mol. The number of ether oxygens (including phenoxy) is 1. The van der Waals surface area contributed by atoms with E-state index in [2.05, 4.69) is 75.7 Å². The first-order chi connectivity index (χ1) is 21.2. The van der Waals surface area contributed by atoms with E-state index in [9.17, 15) is 9.59 Å². The van der Waals surface area contributed by atoms with E-state index in [0.717, 1.165) is 60.9 Å². The van der Waals surface area contributed by atoms with Gasteiger partial charge in [-0.05, 0) is 61.6 Å². The lowest BCUT2D eigenvalue weighted by Gasteiger charge is -2.49. The van der Waals surface area contributed by atoms with Gasteiger partial charge in [-0.25, -0.2) is 4.79 Å².